The van der Waals surface area contributed by atoms with E-state index in [-0.39, 0.29) is 18.0 Å². The third-order valence-corrected chi connectivity index (χ3v) is 5.76. The van der Waals surface area contributed by atoms with E-state index in [0.717, 1.165) is 61.1 Å². The molecule has 2 aliphatic rings. The van der Waals surface area contributed by atoms with Gasteiger partial charge in [-0.1, -0.05) is 18.2 Å². The SMILES string of the molecule is Cc1ccccc1-n1ncc2c(C3CC3)nn(CC(=O)N3CCCC3)c(=O)c21. The largest absolute Gasteiger partial charge is 0.341 e. The minimum atomic E-state index is -0.257. The Kier molecular flexibility index (Phi) is 4.03. The summed E-state index contributed by atoms with van der Waals surface area (Å²) < 4.78 is 3.06. The molecule has 144 valence electrons. The summed E-state index contributed by atoms with van der Waals surface area (Å²) in [4.78, 5) is 27.8. The number of amides is 1. The number of aryl methyl sites for hydroxylation is 1. The zero-order valence-corrected chi connectivity index (χ0v) is 16.0. The van der Waals surface area contributed by atoms with E-state index in [4.69, 9.17) is 0 Å². The molecule has 7 heteroatoms. The number of carbonyl (C=O) groups excluding carboxylic acids is 1. The first-order valence-electron chi connectivity index (χ1n) is 9.96. The molecule has 0 bridgehead atoms. The van der Waals surface area contributed by atoms with Crippen LogP contribution < -0.4 is 5.56 Å². The van der Waals surface area contributed by atoms with E-state index >= 15 is 0 Å². The molecule has 28 heavy (non-hydrogen) atoms. The lowest BCUT2D eigenvalue weighted by Crippen LogP contribution is -2.36. The van der Waals surface area contributed by atoms with Gasteiger partial charge >= 0.3 is 0 Å². The zero-order valence-electron chi connectivity index (χ0n) is 16.0. The molecular formula is C21H23N5O2. The first kappa shape index (κ1) is 17.2. The Balaban J connectivity index is 1.66. The minimum Gasteiger partial charge on any atom is -0.341 e. The summed E-state index contributed by atoms with van der Waals surface area (Å²) in [5.41, 5.74) is 3.06. The third kappa shape index (κ3) is 2.82. The van der Waals surface area contributed by atoms with Crippen LogP contribution in [0.5, 0.6) is 0 Å². The van der Waals surface area contributed by atoms with Gasteiger partial charge in [0.25, 0.3) is 5.56 Å². The first-order valence-corrected chi connectivity index (χ1v) is 9.96. The van der Waals surface area contributed by atoms with E-state index in [9.17, 15) is 9.59 Å². The predicted octanol–water partition coefficient (Wildman–Crippen LogP) is 2.39. The van der Waals surface area contributed by atoms with Gasteiger partial charge in [-0.2, -0.15) is 10.2 Å². The summed E-state index contributed by atoms with van der Waals surface area (Å²) in [5, 5.41) is 9.94. The summed E-state index contributed by atoms with van der Waals surface area (Å²) in [6.45, 7) is 3.54. The summed E-state index contributed by atoms with van der Waals surface area (Å²) in [6.07, 6.45) is 5.93. The van der Waals surface area contributed by atoms with Crippen molar-refractivity contribution < 1.29 is 4.79 Å². The highest BCUT2D eigenvalue weighted by Crippen LogP contribution is 2.41. The lowest BCUT2D eigenvalue weighted by atomic mass is 10.2. The molecule has 0 spiro atoms. The predicted molar refractivity (Wildman–Crippen MR) is 106 cm³/mol. The highest BCUT2D eigenvalue weighted by atomic mass is 16.2. The molecular weight excluding hydrogens is 354 g/mol. The molecule has 2 fully saturated rings. The van der Waals surface area contributed by atoms with Crippen LogP contribution in [0.2, 0.25) is 0 Å². The molecule has 3 aromatic rings. The van der Waals surface area contributed by atoms with Crippen molar-refractivity contribution in [2.75, 3.05) is 13.1 Å². The summed E-state index contributed by atoms with van der Waals surface area (Å²) in [6, 6.07) is 7.86. The average Bonchev–Trinajstić information content (AvgIpc) is 3.20. The van der Waals surface area contributed by atoms with E-state index in [1.165, 1.54) is 4.68 Å². The maximum Gasteiger partial charge on any atom is 0.293 e. The fourth-order valence-electron chi connectivity index (χ4n) is 4.04. The summed E-state index contributed by atoms with van der Waals surface area (Å²) in [7, 11) is 0. The minimum absolute atomic E-state index is 0.00650. The monoisotopic (exact) mass is 377 g/mol. The standard InChI is InChI=1S/C21H23N5O2/c1-14-6-2-3-7-17(14)26-20-16(12-22-26)19(15-8-9-15)23-25(21(20)28)13-18(27)24-10-4-5-11-24/h2-3,6-7,12,15H,4-5,8-11,13H2,1H3. The van der Waals surface area contributed by atoms with Crippen molar-refractivity contribution in [2.24, 2.45) is 0 Å². The normalized spacial score (nSPS) is 16.8. The van der Waals surface area contributed by atoms with E-state index in [2.05, 4.69) is 10.2 Å². The summed E-state index contributed by atoms with van der Waals surface area (Å²) in [5.74, 6) is 0.320. The van der Waals surface area contributed by atoms with Gasteiger partial charge in [0.15, 0.2) is 0 Å². The number of aromatic nitrogens is 4. The van der Waals surface area contributed by atoms with Crippen molar-refractivity contribution in [1.29, 1.82) is 0 Å². The van der Waals surface area contributed by atoms with Gasteiger partial charge in [0.2, 0.25) is 5.91 Å². The van der Waals surface area contributed by atoms with Crippen molar-refractivity contribution in [3.05, 3.63) is 52.1 Å². The molecule has 0 N–H and O–H groups in total. The van der Waals surface area contributed by atoms with Crippen molar-refractivity contribution in [2.45, 2.75) is 45.1 Å². The molecule has 0 unspecified atom stereocenters. The Morgan fingerprint density at radius 3 is 2.64 bits per heavy atom. The van der Waals surface area contributed by atoms with Crippen LogP contribution in [0.25, 0.3) is 16.6 Å². The fraction of sp³-hybridized carbons (Fsp3) is 0.429. The average molecular weight is 377 g/mol. The number of carbonyl (C=O) groups is 1. The molecule has 3 heterocycles. The topological polar surface area (TPSA) is 73.0 Å². The molecule has 0 radical (unpaired) electrons. The second-order valence-corrected chi connectivity index (χ2v) is 7.82. The number of rotatable bonds is 4. The van der Waals surface area contributed by atoms with Gasteiger partial charge in [0, 0.05) is 24.4 Å². The van der Waals surface area contributed by atoms with Crippen LogP contribution in [0.3, 0.4) is 0 Å². The van der Waals surface area contributed by atoms with Gasteiger partial charge in [0.1, 0.15) is 12.1 Å². The Labute approximate surface area is 162 Å². The van der Waals surface area contributed by atoms with Gasteiger partial charge in [-0.3, -0.25) is 9.59 Å². The Morgan fingerprint density at radius 1 is 1.18 bits per heavy atom. The number of hydrogen-bond donors (Lipinski definition) is 0. The van der Waals surface area contributed by atoms with E-state index in [0.29, 0.717) is 11.4 Å². The molecule has 7 nitrogen and oxygen atoms in total. The molecule has 1 aromatic carbocycles. The number of fused-ring (bicyclic) bond motifs is 1. The highest BCUT2D eigenvalue weighted by Gasteiger charge is 2.31. The maximum absolute atomic E-state index is 13.3. The van der Waals surface area contributed by atoms with Crippen LogP contribution in [0.15, 0.2) is 35.3 Å². The van der Waals surface area contributed by atoms with Gasteiger partial charge < -0.3 is 4.90 Å². The number of para-hydroxylation sites is 1. The number of likely N-dealkylation sites (tertiary alicyclic amines) is 1. The number of hydrogen-bond acceptors (Lipinski definition) is 4. The first-order chi connectivity index (χ1) is 13.6. The number of nitrogens with zero attached hydrogens (tertiary/aromatic N) is 5. The fourth-order valence-corrected chi connectivity index (χ4v) is 4.04. The van der Waals surface area contributed by atoms with Crippen LogP contribution in [0.1, 0.15) is 42.9 Å². The molecule has 1 saturated heterocycles. The molecule has 1 aliphatic heterocycles. The molecule has 2 aromatic heterocycles. The molecule has 0 atom stereocenters. The van der Waals surface area contributed by atoms with Crippen LogP contribution in [-0.2, 0) is 11.3 Å². The smallest absolute Gasteiger partial charge is 0.293 e. The molecule has 1 saturated carbocycles. The van der Waals surface area contributed by atoms with Gasteiger partial charge in [-0.05, 0) is 44.2 Å². The molecule has 1 aliphatic carbocycles. The van der Waals surface area contributed by atoms with Crippen LogP contribution in [-0.4, -0.2) is 43.5 Å². The molecule has 1 amide bonds. The van der Waals surface area contributed by atoms with Crippen LogP contribution >= 0.6 is 0 Å². The Hall–Kier alpha value is -2.96. The third-order valence-electron chi connectivity index (χ3n) is 5.76. The lowest BCUT2D eigenvalue weighted by Gasteiger charge is -2.16. The van der Waals surface area contributed by atoms with Crippen molar-refractivity contribution in [3.63, 3.8) is 0 Å². The van der Waals surface area contributed by atoms with Gasteiger partial charge in [0.05, 0.1) is 17.6 Å². The van der Waals surface area contributed by atoms with Crippen molar-refractivity contribution >= 4 is 16.8 Å². The van der Waals surface area contributed by atoms with Crippen molar-refractivity contribution in [1.82, 2.24) is 24.5 Å². The Bertz CT molecular complexity index is 1120. The number of benzene rings is 1. The van der Waals surface area contributed by atoms with E-state index in [1.54, 1.807) is 10.9 Å². The summed E-state index contributed by atoms with van der Waals surface area (Å²) >= 11 is 0. The van der Waals surface area contributed by atoms with Crippen molar-refractivity contribution in [3.8, 4) is 5.69 Å². The van der Waals surface area contributed by atoms with Gasteiger partial charge in [-0.25, -0.2) is 9.36 Å². The Morgan fingerprint density at radius 2 is 1.93 bits per heavy atom. The van der Waals surface area contributed by atoms with Gasteiger partial charge in [-0.15, -0.1) is 0 Å². The van der Waals surface area contributed by atoms with Crippen LogP contribution in [0, 0.1) is 6.92 Å². The van der Waals surface area contributed by atoms with E-state index < -0.39 is 0 Å². The zero-order chi connectivity index (χ0) is 19.3. The van der Waals surface area contributed by atoms with E-state index in [1.807, 2.05) is 36.1 Å². The lowest BCUT2D eigenvalue weighted by molar-refractivity contribution is -0.131. The second kappa shape index (κ2) is 6.58. The second-order valence-electron chi connectivity index (χ2n) is 7.82. The highest BCUT2D eigenvalue weighted by molar-refractivity contribution is 5.83. The maximum atomic E-state index is 13.3. The quantitative estimate of drug-likeness (QED) is 0.700. The molecule has 5 rings (SSSR count). The van der Waals surface area contributed by atoms with Crippen LogP contribution in [0.4, 0.5) is 0 Å².